The maximum absolute atomic E-state index is 13.6. The normalized spacial score (nSPS) is 26.4. The fourth-order valence-corrected chi connectivity index (χ4v) is 5.15. The predicted molar refractivity (Wildman–Crippen MR) is 131 cm³/mol. The topological polar surface area (TPSA) is 161 Å². The van der Waals surface area contributed by atoms with Gasteiger partial charge in [0.05, 0.1) is 12.7 Å². The molecular weight excluding hydrogens is 513 g/mol. The van der Waals surface area contributed by atoms with Crippen molar-refractivity contribution in [2.24, 2.45) is 0 Å². The van der Waals surface area contributed by atoms with Crippen LogP contribution < -0.4 is 15.3 Å². The number of para-hydroxylation sites is 1. The van der Waals surface area contributed by atoms with Crippen LogP contribution in [0.2, 0.25) is 0 Å². The van der Waals surface area contributed by atoms with E-state index < -0.39 is 62.2 Å². The van der Waals surface area contributed by atoms with E-state index in [1.54, 1.807) is 44.2 Å². The Morgan fingerprint density at radius 2 is 1.97 bits per heavy atom. The predicted octanol–water partition coefficient (Wildman–Crippen LogP) is 2.05. The van der Waals surface area contributed by atoms with Crippen LogP contribution in [0.1, 0.15) is 33.9 Å². The maximum Gasteiger partial charge on any atom is 0.459 e. The highest BCUT2D eigenvalue weighted by Gasteiger charge is 2.54. The number of aromatic nitrogens is 2. The number of hydrogen-bond acceptors (Lipinski definition) is 10. The molecule has 2 heterocycles. The van der Waals surface area contributed by atoms with Gasteiger partial charge in [-0.3, -0.25) is 18.9 Å². The molecule has 0 aliphatic carbocycles. The molecule has 12 nitrogen and oxygen atoms in total. The molecule has 2 aromatic rings. The second kappa shape index (κ2) is 11.3. The third-order valence-electron chi connectivity index (χ3n) is 5.29. The van der Waals surface area contributed by atoms with Crippen molar-refractivity contribution >= 4 is 25.9 Å². The smallest absolute Gasteiger partial charge is 0.459 e. The van der Waals surface area contributed by atoms with E-state index in [4.69, 9.17) is 30.7 Å². The number of esters is 1. The van der Waals surface area contributed by atoms with Crippen molar-refractivity contribution in [2.75, 3.05) is 6.61 Å². The van der Waals surface area contributed by atoms with E-state index >= 15 is 0 Å². The molecule has 0 bridgehead atoms. The lowest BCUT2D eigenvalue weighted by Crippen LogP contribution is -2.46. The average Bonchev–Trinajstić information content (AvgIpc) is 3.01. The third kappa shape index (κ3) is 6.68. The lowest BCUT2D eigenvalue weighted by atomic mass is 9.96. The van der Waals surface area contributed by atoms with Gasteiger partial charge in [-0.25, -0.2) is 9.36 Å². The molecule has 0 spiro atoms. The molecule has 1 unspecified atom stereocenters. The van der Waals surface area contributed by atoms with Crippen LogP contribution in [0.3, 0.4) is 0 Å². The standard InChI is InChI=1S/C22H30N3O9PS/c1-13(2)32-19(27)14(3)24-35(30,34-15-8-6-5-7-9-15)31-12-16-18(26)22(4,29)20(33-16)25-11-10-17(36)23-21(25)28/h5-11,13-14,16,18,20,26,29H,12H2,1-4H3,(H,24,30)(H,23,28,36)/t14-,16+,18+,20+,22+,35?/m0/s1. The molecule has 0 radical (unpaired) electrons. The number of rotatable bonds is 10. The zero-order valence-electron chi connectivity index (χ0n) is 20.2. The molecule has 0 amide bonds. The van der Waals surface area contributed by atoms with Gasteiger partial charge in [-0.2, -0.15) is 5.09 Å². The van der Waals surface area contributed by atoms with Crippen LogP contribution in [0.4, 0.5) is 0 Å². The van der Waals surface area contributed by atoms with Crippen LogP contribution in [0.25, 0.3) is 0 Å². The highest BCUT2D eigenvalue weighted by Crippen LogP contribution is 2.46. The van der Waals surface area contributed by atoms with Crippen LogP contribution >= 0.6 is 20.0 Å². The van der Waals surface area contributed by atoms with Crippen LogP contribution in [0.15, 0.2) is 47.4 Å². The lowest BCUT2D eigenvalue weighted by Gasteiger charge is -2.27. The number of carbonyl (C=O) groups excluding carboxylic acids is 1. The maximum atomic E-state index is 13.6. The summed E-state index contributed by atoms with van der Waals surface area (Å²) in [5.41, 5.74) is -2.57. The first-order valence-electron chi connectivity index (χ1n) is 11.2. The Hall–Kier alpha value is -2.38. The van der Waals surface area contributed by atoms with E-state index in [9.17, 15) is 24.4 Å². The lowest BCUT2D eigenvalue weighted by molar-refractivity contribution is -0.149. The zero-order valence-corrected chi connectivity index (χ0v) is 21.9. The molecule has 4 N–H and O–H groups in total. The summed E-state index contributed by atoms with van der Waals surface area (Å²) in [7, 11) is -4.24. The highest BCUT2D eigenvalue weighted by molar-refractivity contribution is 7.71. The van der Waals surface area contributed by atoms with E-state index in [2.05, 4.69) is 10.1 Å². The molecule has 36 heavy (non-hydrogen) atoms. The molecule has 1 saturated heterocycles. The third-order valence-corrected chi connectivity index (χ3v) is 7.17. The number of nitrogens with zero attached hydrogens (tertiary/aromatic N) is 1. The minimum absolute atomic E-state index is 0.185. The number of carbonyl (C=O) groups is 1. The fourth-order valence-electron chi connectivity index (χ4n) is 3.50. The Kier molecular flexibility index (Phi) is 8.88. The largest absolute Gasteiger partial charge is 0.462 e. The molecular formula is C22H30N3O9PS. The van der Waals surface area contributed by atoms with Gasteiger partial charge in [0, 0.05) is 6.20 Å². The highest BCUT2D eigenvalue weighted by atomic mass is 32.1. The van der Waals surface area contributed by atoms with Crippen molar-refractivity contribution in [3.63, 3.8) is 0 Å². The zero-order chi connectivity index (χ0) is 26.7. The van der Waals surface area contributed by atoms with E-state index in [-0.39, 0.29) is 10.4 Å². The molecule has 0 saturated carbocycles. The molecule has 1 aliphatic heterocycles. The first-order valence-corrected chi connectivity index (χ1v) is 13.1. The van der Waals surface area contributed by atoms with Crippen molar-refractivity contribution in [2.45, 2.75) is 63.9 Å². The average molecular weight is 544 g/mol. The van der Waals surface area contributed by atoms with Crippen LogP contribution in [-0.4, -0.2) is 62.3 Å². The van der Waals surface area contributed by atoms with Gasteiger partial charge in [0.1, 0.15) is 34.2 Å². The van der Waals surface area contributed by atoms with Gasteiger partial charge in [-0.1, -0.05) is 30.4 Å². The molecule has 198 valence electrons. The summed E-state index contributed by atoms with van der Waals surface area (Å²) in [6.07, 6.45) is -3.13. The first-order chi connectivity index (χ1) is 16.8. The molecule has 14 heteroatoms. The Labute approximate surface area is 212 Å². The summed E-state index contributed by atoms with van der Waals surface area (Å²) < 4.78 is 36.8. The van der Waals surface area contributed by atoms with Gasteiger partial charge in [-0.05, 0) is 45.9 Å². The van der Waals surface area contributed by atoms with Crippen molar-refractivity contribution in [3.05, 3.63) is 57.7 Å². The Balaban J connectivity index is 1.80. The van der Waals surface area contributed by atoms with E-state index in [0.29, 0.717) is 0 Å². The first kappa shape index (κ1) is 28.2. The monoisotopic (exact) mass is 543 g/mol. The van der Waals surface area contributed by atoms with E-state index in [1.807, 2.05) is 0 Å². The Morgan fingerprint density at radius 3 is 2.58 bits per heavy atom. The number of hydrogen-bond donors (Lipinski definition) is 4. The number of H-pyrrole nitrogens is 1. The second-order valence-corrected chi connectivity index (χ2v) is 10.9. The van der Waals surface area contributed by atoms with Crippen molar-refractivity contribution < 1.29 is 38.1 Å². The SMILES string of the molecule is CC(C)OC(=O)[C@H](C)NP(=O)(OC[C@H]1O[C@@H](n2ccc(=S)[nH]c2=O)[C@](C)(O)[C@@H]1O)Oc1ccccc1. The summed E-state index contributed by atoms with van der Waals surface area (Å²) in [4.78, 5) is 27.0. The summed E-state index contributed by atoms with van der Waals surface area (Å²) >= 11 is 4.92. The van der Waals surface area contributed by atoms with Crippen molar-refractivity contribution in [3.8, 4) is 5.75 Å². The van der Waals surface area contributed by atoms with Crippen LogP contribution in [-0.2, 0) is 23.4 Å². The molecule has 1 fully saturated rings. The quantitative estimate of drug-likeness (QED) is 0.197. The van der Waals surface area contributed by atoms with Gasteiger partial charge < -0.3 is 24.2 Å². The minimum Gasteiger partial charge on any atom is -0.462 e. The van der Waals surface area contributed by atoms with Gasteiger partial charge in [0.15, 0.2) is 6.23 Å². The molecule has 1 aromatic heterocycles. The summed E-state index contributed by atoms with van der Waals surface area (Å²) in [5, 5.41) is 24.2. The van der Waals surface area contributed by atoms with Crippen molar-refractivity contribution in [1.29, 1.82) is 0 Å². The number of aromatic amines is 1. The minimum atomic E-state index is -4.24. The Bertz CT molecular complexity index is 1220. The molecule has 3 rings (SSSR count). The number of aliphatic hydroxyl groups is 2. The van der Waals surface area contributed by atoms with Gasteiger partial charge in [0.2, 0.25) is 0 Å². The summed E-state index contributed by atoms with van der Waals surface area (Å²) in [5.74, 6) is -0.479. The molecule has 6 atom stereocenters. The molecule has 1 aromatic carbocycles. The van der Waals surface area contributed by atoms with E-state index in [0.717, 1.165) is 4.57 Å². The van der Waals surface area contributed by atoms with Gasteiger partial charge in [-0.15, -0.1) is 0 Å². The molecule has 1 aliphatic rings. The summed E-state index contributed by atoms with van der Waals surface area (Å²) in [6, 6.07) is 8.49. The fraction of sp³-hybridized carbons (Fsp3) is 0.500. The summed E-state index contributed by atoms with van der Waals surface area (Å²) in [6.45, 7) is 5.55. The Morgan fingerprint density at radius 1 is 1.31 bits per heavy atom. The van der Waals surface area contributed by atoms with Gasteiger partial charge >= 0.3 is 19.4 Å². The van der Waals surface area contributed by atoms with Crippen molar-refractivity contribution in [1.82, 2.24) is 14.6 Å². The number of benzene rings is 1. The second-order valence-electron chi connectivity index (χ2n) is 8.75. The number of ether oxygens (including phenoxy) is 2. The number of nitrogens with one attached hydrogen (secondary N) is 2. The van der Waals surface area contributed by atoms with Crippen LogP contribution in [0.5, 0.6) is 5.75 Å². The van der Waals surface area contributed by atoms with E-state index in [1.165, 1.54) is 26.1 Å². The van der Waals surface area contributed by atoms with Crippen LogP contribution in [0, 0.1) is 4.64 Å². The van der Waals surface area contributed by atoms with Gasteiger partial charge in [0.25, 0.3) is 0 Å². The number of aliphatic hydroxyl groups excluding tert-OH is 1.